The van der Waals surface area contributed by atoms with E-state index in [4.69, 9.17) is 4.42 Å². The van der Waals surface area contributed by atoms with Crippen molar-refractivity contribution < 1.29 is 9.21 Å². The number of benzene rings is 2. The molecule has 0 aliphatic heterocycles. The molecule has 0 aliphatic carbocycles. The molecule has 1 heterocycles. The number of amides is 1. The molecule has 4 nitrogen and oxygen atoms in total. The van der Waals surface area contributed by atoms with Crippen molar-refractivity contribution in [3.63, 3.8) is 0 Å². The lowest BCUT2D eigenvalue weighted by Crippen LogP contribution is -2.27. The van der Waals surface area contributed by atoms with Gasteiger partial charge in [0.2, 0.25) is 11.8 Å². The van der Waals surface area contributed by atoms with Crippen molar-refractivity contribution in [3.8, 4) is 11.5 Å². The number of nitrogens with one attached hydrogen (secondary N) is 1. The Morgan fingerprint density at radius 1 is 1.08 bits per heavy atom. The molecule has 0 aliphatic rings. The molecule has 2 aromatic carbocycles. The van der Waals surface area contributed by atoms with Crippen molar-refractivity contribution in [2.75, 3.05) is 6.54 Å². The van der Waals surface area contributed by atoms with Crippen LogP contribution in [0.25, 0.3) is 11.5 Å². The van der Waals surface area contributed by atoms with E-state index >= 15 is 0 Å². The van der Waals surface area contributed by atoms with Crippen LogP contribution in [0.5, 0.6) is 0 Å². The second kappa shape index (κ2) is 7.59. The highest BCUT2D eigenvalue weighted by molar-refractivity contribution is 5.78. The summed E-state index contributed by atoms with van der Waals surface area (Å²) in [5.41, 5.74) is 3.98. The van der Waals surface area contributed by atoms with Gasteiger partial charge in [0.1, 0.15) is 6.26 Å². The van der Waals surface area contributed by atoms with Crippen LogP contribution in [0.1, 0.15) is 16.8 Å². The summed E-state index contributed by atoms with van der Waals surface area (Å²) in [5.74, 6) is 0.632. The molecule has 0 unspecified atom stereocenters. The molecular formula is C20H20N2O2. The average molecular weight is 320 g/mol. The second-order valence-corrected chi connectivity index (χ2v) is 5.71. The highest BCUT2D eigenvalue weighted by atomic mass is 16.3. The quantitative estimate of drug-likeness (QED) is 0.755. The first-order chi connectivity index (χ1) is 11.7. The largest absolute Gasteiger partial charge is 0.444 e. The number of nitrogens with zero attached hydrogens (tertiary/aromatic N) is 1. The van der Waals surface area contributed by atoms with Crippen molar-refractivity contribution >= 4 is 5.91 Å². The molecule has 3 aromatic rings. The van der Waals surface area contributed by atoms with Gasteiger partial charge in [-0.25, -0.2) is 4.98 Å². The molecule has 0 bridgehead atoms. The van der Waals surface area contributed by atoms with Crippen molar-refractivity contribution in [1.82, 2.24) is 10.3 Å². The smallest absolute Gasteiger partial charge is 0.226 e. The number of oxazole rings is 1. The average Bonchev–Trinajstić information content (AvgIpc) is 3.07. The van der Waals surface area contributed by atoms with Gasteiger partial charge in [0.15, 0.2) is 0 Å². The SMILES string of the molecule is Cc1ccccc1CC(=O)NCCc1coc(-c2ccccc2)n1. The number of aromatic nitrogens is 1. The van der Waals surface area contributed by atoms with Gasteiger partial charge in [0, 0.05) is 18.5 Å². The van der Waals surface area contributed by atoms with Crippen LogP contribution in [0.4, 0.5) is 0 Å². The maximum Gasteiger partial charge on any atom is 0.226 e. The monoisotopic (exact) mass is 320 g/mol. The lowest BCUT2D eigenvalue weighted by Gasteiger charge is -2.06. The standard InChI is InChI=1S/C20H20N2O2/c1-15-7-5-6-10-17(15)13-19(23)21-12-11-18-14-24-20(22-18)16-8-3-2-4-9-16/h2-10,14H,11-13H2,1H3,(H,21,23). The van der Waals surface area contributed by atoms with Crippen LogP contribution < -0.4 is 5.32 Å². The molecule has 1 N–H and O–H groups in total. The Bertz CT molecular complexity index is 809. The van der Waals surface area contributed by atoms with E-state index in [9.17, 15) is 4.79 Å². The first kappa shape index (κ1) is 16.0. The van der Waals surface area contributed by atoms with E-state index in [1.165, 1.54) is 0 Å². The first-order valence-corrected chi connectivity index (χ1v) is 8.03. The Morgan fingerprint density at radius 2 is 1.83 bits per heavy atom. The van der Waals surface area contributed by atoms with Gasteiger partial charge < -0.3 is 9.73 Å². The number of hydrogen-bond acceptors (Lipinski definition) is 3. The lowest BCUT2D eigenvalue weighted by atomic mass is 10.1. The van der Waals surface area contributed by atoms with Crippen LogP contribution >= 0.6 is 0 Å². The minimum atomic E-state index is 0.0241. The highest BCUT2D eigenvalue weighted by Crippen LogP contribution is 2.17. The molecule has 1 aromatic heterocycles. The molecule has 0 spiro atoms. The summed E-state index contributed by atoms with van der Waals surface area (Å²) in [6, 6.07) is 17.7. The maximum atomic E-state index is 12.0. The van der Waals surface area contributed by atoms with Gasteiger partial charge in [-0.3, -0.25) is 4.79 Å². The number of carbonyl (C=O) groups excluding carboxylic acids is 1. The van der Waals surface area contributed by atoms with Crippen LogP contribution in [0.15, 0.2) is 65.3 Å². The molecule has 24 heavy (non-hydrogen) atoms. The van der Waals surface area contributed by atoms with Crippen LogP contribution in [0.2, 0.25) is 0 Å². The number of rotatable bonds is 6. The Labute approximate surface area is 141 Å². The Morgan fingerprint density at radius 3 is 2.62 bits per heavy atom. The van der Waals surface area contributed by atoms with Crippen molar-refractivity contribution in [3.05, 3.63) is 77.7 Å². The van der Waals surface area contributed by atoms with Gasteiger partial charge in [-0.15, -0.1) is 0 Å². The molecule has 0 saturated heterocycles. The zero-order valence-corrected chi connectivity index (χ0v) is 13.7. The summed E-state index contributed by atoms with van der Waals surface area (Å²) in [4.78, 5) is 16.5. The summed E-state index contributed by atoms with van der Waals surface area (Å²) in [5, 5.41) is 2.94. The van der Waals surface area contributed by atoms with Gasteiger partial charge >= 0.3 is 0 Å². The zero-order valence-electron chi connectivity index (χ0n) is 13.7. The summed E-state index contributed by atoms with van der Waals surface area (Å²) < 4.78 is 5.50. The van der Waals surface area contributed by atoms with Crippen molar-refractivity contribution in [2.24, 2.45) is 0 Å². The molecule has 0 atom stereocenters. The van der Waals surface area contributed by atoms with Crippen LogP contribution in [-0.2, 0) is 17.6 Å². The molecule has 4 heteroatoms. The van der Waals surface area contributed by atoms with E-state index in [0.717, 1.165) is 22.4 Å². The van der Waals surface area contributed by atoms with Crippen LogP contribution in [0, 0.1) is 6.92 Å². The minimum absolute atomic E-state index is 0.0241. The van der Waals surface area contributed by atoms with E-state index in [0.29, 0.717) is 25.3 Å². The Hall–Kier alpha value is -2.88. The number of aryl methyl sites for hydroxylation is 1. The Balaban J connectivity index is 1.49. The third-order valence-corrected chi connectivity index (χ3v) is 3.89. The van der Waals surface area contributed by atoms with Gasteiger partial charge in [-0.1, -0.05) is 42.5 Å². The molecule has 3 rings (SSSR count). The molecule has 122 valence electrons. The summed E-state index contributed by atoms with van der Waals surface area (Å²) >= 11 is 0. The fourth-order valence-electron chi connectivity index (χ4n) is 2.51. The number of carbonyl (C=O) groups is 1. The summed E-state index contributed by atoms with van der Waals surface area (Å²) in [6.07, 6.45) is 2.70. The van der Waals surface area contributed by atoms with Gasteiger partial charge in [0.25, 0.3) is 0 Å². The fraction of sp³-hybridized carbons (Fsp3) is 0.200. The fourth-order valence-corrected chi connectivity index (χ4v) is 2.51. The van der Waals surface area contributed by atoms with E-state index in [2.05, 4.69) is 10.3 Å². The predicted molar refractivity (Wildman–Crippen MR) is 93.5 cm³/mol. The van der Waals surface area contributed by atoms with E-state index in [1.807, 2.05) is 61.5 Å². The summed E-state index contributed by atoms with van der Waals surface area (Å²) in [6.45, 7) is 2.56. The third-order valence-electron chi connectivity index (χ3n) is 3.89. The van der Waals surface area contributed by atoms with Crippen LogP contribution in [0.3, 0.4) is 0 Å². The third kappa shape index (κ3) is 4.10. The highest BCUT2D eigenvalue weighted by Gasteiger charge is 2.08. The minimum Gasteiger partial charge on any atom is -0.444 e. The maximum absolute atomic E-state index is 12.0. The summed E-state index contributed by atoms with van der Waals surface area (Å²) in [7, 11) is 0. The Kier molecular flexibility index (Phi) is 5.06. The van der Waals surface area contributed by atoms with Crippen molar-refractivity contribution in [1.29, 1.82) is 0 Å². The molecular weight excluding hydrogens is 300 g/mol. The molecule has 0 fully saturated rings. The topological polar surface area (TPSA) is 55.1 Å². The van der Waals surface area contributed by atoms with Gasteiger partial charge in [0.05, 0.1) is 12.1 Å². The van der Waals surface area contributed by atoms with Gasteiger partial charge in [-0.05, 0) is 30.2 Å². The van der Waals surface area contributed by atoms with Gasteiger partial charge in [-0.2, -0.15) is 0 Å². The van der Waals surface area contributed by atoms with E-state index in [1.54, 1.807) is 6.26 Å². The first-order valence-electron chi connectivity index (χ1n) is 8.03. The van der Waals surface area contributed by atoms with E-state index in [-0.39, 0.29) is 5.91 Å². The lowest BCUT2D eigenvalue weighted by molar-refractivity contribution is -0.120. The molecule has 0 saturated carbocycles. The van der Waals surface area contributed by atoms with Crippen molar-refractivity contribution in [2.45, 2.75) is 19.8 Å². The molecule has 1 amide bonds. The second-order valence-electron chi connectivity index (χ2n) is 5.71. The zero-order chi connectivity index (χ0) is 16.8. The number of hydrogen-bond donors (Lipinski definition) is 1. The van der Waals surface area contributed by atoms with Crippen LogP contribution in [-0.4, -0.2) is 17.4 Å². The predicted octanol–water partition coefficient (Wildman–Crippen LogP) is 3.55. The normalized spacial score (nSPS) is 10.5. The van der Waals surface area contributed by atoms with E-state index < -0.39 is 0 Å². The molecule has 0 radical (unpaired) electrons.